The van der Waals surface area contributed by atoms with Gasteiger partial charge in [0.2, 0.25) is 0 Å². The van der Waals surface area contributed by atoms with Gasteiger partial charge in [0.25, 0.3) is 0 Å². The normalized spacial score (nSPS) is 32.6. The summed E-state index contributed by atoms with van der Waals surface area (Å²) < 4.78 is 11.0. The molecular formula is C19H34N4O3. The van der Waals surface area contributed by atoms with E-state index in [0.717, 1.165) is 91.4 Å². The van der Waals surface area contributed by atoms with E-state index in [0.29, 0.717) is 0 Å². The number of morpholine rings is 2. The molecule has 0 N–H and O–H groups in total. The van der Waals surface area contributed by atoms with Crippen LogP contribution in [0.2, 0.25) is 0 Å². The molecule has 4 rings (SSSR count). The molecule has 2 amide bonds. The fourth-order valence-electron chi connectivity index (χ4n) is 4.95. The minimum atomic E-state index is 0.257. The van der Waals surface area contributed by atoms with Crippen LogP contribution in [0.5, 0.6) is 0 Å². The highest BCUT2D eigenvalue weighted by Gasteiger charge is 2.39. The molecular weight excluding hydrogens is 332 g/mol. The molecule has 0 radical (unpaired) electrons. The molecule has 7 nitrogen and oxygen atoms in total. The average Bonchev–Trinajstić information content (AvgIpc) is 2.74. The van der Waals surface area contributed by atoms with Crippen molar-refractivity contribution < 1.29 is 14.3 Å². The first-order chi connectivity index (χ1) is 12.8. The molecule has 2 atom stereocenters. The molecule has 0 aromatic rings. The first-order valence-corrected chi connectivity index (χ1v) is 10.6. The van der Waals surface area contributed by atoms with Crippen LogP contribution in [0.25, 0.3) is 0 Å². The monoisotopic (exact) mass is 366 g/mol. The van der Waals surface area contributed by atoms with Gasteiger partial charge in [-0.2, -0.15) is 0 Å². The number of ether oxygens (including phenoxy) is 2. The van der Waals surface area contributed by atoms with Crippen LogP contribution in [0.15, 0.2) is 0 Å². The standard InChI is InChI=1S/C19H34N4O3/c24-19(22-7-3-1-5-17(22)20-9-13-25-14-10-20)23-8-4-2-6-18(23)21-11-15-26-16-12-21/h17-18H,1-16H2. The van der Waals surface area contributed by atoms with Gasteiger partial charge in [-0.1, -0.05) is 0 Å². The van der Waals surface area contributed by atoms with Crippen LogP contribution < -0.4 is 0 Å². The summed E-state index contributed by atoms with van der Waals surface area (Å²) in [5.74, 6) is 0. The third-order valence-corrected chi connectivity index (χ3v) is 6.37. The lowest BCUT2D eigenvalue weighted by molar-refractivity contribution is -0.0591. The summed E-state index contributed by atoms with van der Waals surface area (Å²) in [5, 5.41) is 0. The van der Waals surface area contributed by atoms with E-state index in [2.05, 4.69) is 19.6 Å². The molecule has 2 unspecified atom stereocenters. The Labute approximate surface area is 157 Å². The van der Waals surface area contributed by atoms with Crippen LogP contribution in [0.3, 0.4) is 0 Å². The molecule has 0 aromatic carbocycles. The molecule has 0 spiro atoms. The zero-order valence-corrected chi connectivity index (χ0v) is 16.0. The van der Waals surface area contributed by atoms with E-state index < -0.39 is 0 Å². The van der Waals surface area contributed by atoms with E-state index in [1.165, 1.54) is 12.8 Å². The number of nitrogens with zero attached hydrogens (tertiary/aromatic N) is 4. The third-order valence-electron chi connectivity index (χ3n) is 6.37. The maximum Gasteiger partial charge on any atom is 0.322 e. The van der Waals surface area contributed by atoms with Crippen molar-refractivity contribution >= 4 is 6.03 Å². The number of likely N-dealkylation sites (tertiary alicyclic amines) is 2. The van der Waals surface area contributed by atoms with E-state index in [-0.39, 0.29) is 18.4 Å². The van der Waals surface area contributed by atoms with E-state index in [1.807, 2.05) is 0 Å². The van der Waals surface area contributed by atoms with Gasteiger partial charge in [0.15, 0.2) is 0 Å². The Bertz CT molecular complexity index is 426. The lowest BCUT2D eigenvalue weighted by Crippen LogP contribution is -2.63. The van der Waals surface area contributed by atoms with Crippen molar-refractivity contribution in [1.82, 2.24) is 19.6 Å². The number of piperidine rings is 2. The number of hydrogen-bond acceptors (Lipinski definition) is 5. The number of carbonyl (C=O) groups excluding carboxylic acids is 1. The van der Waals surface area contributed by atoms with Crippen molar-refractivity contribution in [2.24, 2.45) is 0 Å². The molecule has 4 heterocycles. The predicted molar refractivity (Wildman–Crippen MR) is 98.9 cm³/mol. The lowest BCUT2D eigenvalue weighted by Gasteiger charge is -2.49. The summed E-state index contributed by atoms with van der Waals surface area (Å²) in [6, 6.07) is 0.261. The van der Waals surface area contributed by atoms with E-state index in [4.69, 9.17) is 9.47 Å². The van der Waals surface area contributed by atoms with Crippen LogP contribution in [0.4, 0.5) is 4.79 Å². The molecule has 4 fully saturated rings. The Morgan fingerprint density at radius 3 is 1.46 bits per heavy atom. The van der Waals surface area contributed by atoms with Crippen LogP contribution in [-0.4, -0.2) is 104 Å². The number of carbonyl (C=O) groups is 1. The first kappa shape index (κ1) is 18.5. The smallest absolute Gasteiger partial charge is 0.322 e. The highest BCUT2D eigenvalue weighted by molar-refractivity contribution is 5.75. The topological polar surface area (TPSA) is 48.5 Å². The second-order valence-corrected chi connectivity index (χ2v) is 7.92. The van der Waals surface area contributed by atoms with Gasteiger partial charge in [-0.15, -0.1) is 0 Å². The molecule has 148 valence electrons. The maximum atomic E-state index is 13.6. The van der Waals surface area contributed by atoms with Crippen molar-refractivity contribution in [2.75, 3.05) is 65.7 Å². The fourth-order valence-corrected chi connectivity index (χ4v) is 4.95. The van der Waals surface area contributed by atoms with Crippen LogP contribution in [-0.2, 0) is 9.47 Å². The molecule has 4 saturated heterocycles. The van der Waals surface area contributed by atoms with E-state index in [9.17, 15) is 4.79 Å². The molecule has 0 bridgehead atoms. The molecule has 0 saturated carbocycles. The van der Waals surface area contributed by atoms with E-state index >= 15 is 0 Å². The summed E-state index contributed by atoms with van der Waals surface area (Å²) in [6.45, 7) is 8.74. The quantitative estimate of drug-likeness (QED) is 0.739. The Morgan fingerprint density at radius 1 is 0.615 bits per heavy atom. The first-order valence-electron chi connectivity index (χ1n) is 10.6. The lowest BCUT2D eigenvalue weighted by atomic mass is 10.0. The zero-order valence-electron chi connectivity index (χ0n) is 16.0. The van der Waals surface area contributed by atoms with Crippen LogP contribution in [0.1, 0.15) is 38.5 Å². The van der Waals surface area contributed by atoms with Crippen molar-refractivity contribution in [3.63, 3.8) is 0 Å². The fraction of sp³-hybridized carbons (Fsp3) is 0.947. The second kappa shape index (κ2) is 8.87. The highest BCUT2D eigenvalue weighted by Crippen LogP contribution is 2.27. The molecule has 0 aromatic heterocycles. The number of hydrogen-bond donors (Lipinski definition) is 0. The van der Waals surface area contributed by atoms with Crippen LogP contribution in [0, 0.1) is 0 Å². The Kier molecular flexibility index (Phi) is 6.30. The van der Waals surface area contributed by atoms with Gasteiger partial charge >= 0.3 is 6.03 Å². The largest absolute Gasteiger partial charge is 0.379 e. The molecule has 4 aliphatic rings. The summed E-state index contributed by atoms with van der Waals surface area (Å²) in [6.07, 6.45) is 7.41. The summed E-state index contributed by atoms with van der Waals surface area (Å²) in [7, 11) is 0. The Hall–Kier alpha value is -0.890. The summed E-state index contributed by atoms with van der Waals surface area (Å²) >= 11 is 0. The van der Waals surface area contributed by atoms with Gasteiger partial charge < -0.3 is 19.3 Å². The Morgan fingerprint density at radius 2 is 1.04 bits per heavy atom. The number of amides is 2. The number of rotatable bonds is 2. The van der Waals surface area contributed by atoms with Crippen molar-refractivity contribution in [3.05, 3.63) is 0 Å². The van der Waals surface area contributed by atoms with Gasteiger partial charge in [0.05, 0.1) is 38.8 Å². The Balaban J connectivity index is 1.47. The predicted octanol–water partition coefficient (Wildman–Crippen LogP) is 1.39. The maximum absolute atomic E-state index is 13.6. The molecule has 26 heavy (non-hydrogen) atoms. The highest BCUT2D eigenvalue weighted by atomic mass is 16.5. The van der Waals surface area contributed by atoms with Gasteiger partial charge in [-0.3, -0.25) is 9.80 Å². The third kappa shape index (κ3) is 4.01. The van der Waals surface area contributed by atoms with Gasteiger partial charge in [-0.05, 0) is 38.5 Å². The van der Waals surface area contributed by atoms with Gasteiger partial charge in [-0.25, -0.2) is 4.79 Å². The SMILES string of the molecule is O=C(N1CCCCC1N1CCOCC1)N1CCCCC1N1CCOCC1. The molecule has 4 aliphatic heterocycles. The minimum Gasteiger partial charge on any atom is -0.379 e. The van der Waals surface area contributed by atoms with Crippen LogP contribution >= 0.6 is 0 Å². The average molecular weight is 367 g/mol. The van der Waals surface area contributed by atoms with Crippen molar-refractivity contribution in [3.8, 4) is 0 Å². The van der Waals surface area contributed by atoms with E-state index in [1.54, 1.807) is 0 Å². The van der Waals surface area contributed by atoms with Crippen molar-refractivity contribution in [1.29, 1.82) is 0 Å². The summed E-state index contributed by atoms with van der Waals surface area (Å²) in [5.41, 5.74) is 0. The minimum absolute atomic E-state index is 0.257. The molecule has 0 aliphatic carbocycles. The second-order valence-electron chi connectivity index (χ2n) is 7.92. The zero-order chi connectivity index (χ0) is 17.8. The van der Waals surface area contributed by atoms with Gasteiger partial charge in [0, 0.05) is 39.3 Å². The number of urea groups is 1. The molecule has 7 heteroatoms. The van der Waals surface area contributed by atoms with Crippen molar-refractivity contribution in [2.45, 2.75) is 50.9 Å². The van der Waals surface area contributed by atoms with Gasteiger partial charge in [0.1, 0.15) is 0 Å². The summed E-state index contributed by atoms with van der Waals surface area (Å²) in [4.78, 5) is 22.9.